The monoisotopic (exact) mass is 262 g/mol. The molecule has 0 saturated carbocycles. The van der Waals surface area contributed by atoms with Gasteiger partial charge in [-0.25, -0.2) is 0 Å². The Balaban J connectivity index is 2.27. The number of fused-ring (bicyclic) bond motifs is 1. The highest BCUT2D eigenvalue weighted by Crippen LogP contribution is 2.41. The molecule has 20 heavy (non-hydrogen) atoms. The molecule has 0 amide bonds. The number of aromatic amines is 1. The highest BCUT2D eigenvalue weighted by molar-refractivity contribution is 5.56. The van der Waals surface area contributed by atoms with Crippen LogP contribution < -0.4 is 10.5 Å². The van der Waals surface area contributed by atoms with Gasteiger partial charge in [-0.15, -0.1) is 0 Å². The first-order valence-corrected chi connectivity index (χ1v) is 6.00. The quantitative estimate of drug-likeness (QED) is 0.822. The molecule has 1 unspecified atom stereocenters. The summed E-state index contributed by atoms with van der Waals surface area (Å²) in [6.45, 7) is 0. The lowest BCUT2D eigenvalue weighted by Gasteiger charge is -2.24. The van der Waals surface area contributed by atoms with E-state index in [0.717, 1.165) is 11.3 Å². The molecule has 1 atom stereocenters. The van der Waals surface area contributed by atoms with E-state index in [-0.39, 0.29) is 5.88 Å². The van der Waals surface area contributed by atoms with Gasteiger partial charge in [0.05, 0.1) is 23.2 Å². The summed E-state index contributed by atoms with van der Waals surface area (Å²) in [5.41, 5.74) is 8.12. The number of rotatable bonds is 1. The molecule has 0 radical (unpaired) electrons. The average Bonchev–Trinajstić information content (AvgIpc) is 2.93. The lowest BCUT2D eigenvalue weighted by Crippen LogP contribution is -2.21. The Morgan fingerprint density at radius 2 is 1.95 bits per heavy atom. The summed E-state index contributed by atoms with van der Waals surface area (Å²) in [6.07, 6.45) is 1.72. The molecule has 1 aliphatic rings. The topological polar surface area (TPSA) is 98.6 Å². The number of nitriles is 2. The molecular formula is C15H10N4O. The van der Waals surface area contributed by atoms with Crippen molar-refractivity contribution in [1.82, 2.24) is 4.98 Å². The molecule has 1 aromatic carbocycles. The van der Waals surface area contributed by atoms with Crippen molar-refractivity contribution in [3.05, 3.63) is 64.8 Å². The summed E-state index contributed by atoms with van der Waals surface area (Å²) < 4.78 is 5.42. The normalized spacial score (nSPS) is 16.8. The third-order valence-electron chi connectivity index (χ3n) is 3.31. The van der Waals surface area contributed by atoms with Crippen LogP contribution in [-0.2, 0) is 0 Å². The Bertz CT molecular complexity index is 789. The number of nitrogens with two attached hydrogens (primary N) is 1. The number of nitrogens with zero attached hydrogens (tertiary/aromatic N) is 2. The first-order chi connectivity index (χ1) is 9.76. The zero-order valence-electron chi connectivity index (χ0n) is 10.4. The van der Waals surface area contributed by atoms with Crippen molar-refractivity contribution >= 4 is 0 Å². The van der Waals surface area contributed by atoms with Crippen LogP contribution >= 0.6 is 0 Å². The van der Waals surface area contributed by atoms with Gasteiger partial charge < -0.3 is 15.5 Å². The van der Waals surface area contributed by atoms with Gasteiger partial charge in [0.15, 0.2) is 5.75 Å². The van der Waals surface area contributed by atoms with Crippen molar-refractivity contribution < 1.29 is 4.74 Å². The minimum absolute atomic E-state index is 0.0809. The first kappa shape index (κ1) is 11.9. The van der Waals surface area contributed by atoms with Gasteiger partial charge in [0.25, 0.3) is 0 Å². The van der Waals surface area contributed by atoms with Gasteiger partial charge in [-0.05, 0) is 17.7 Å². The van der Waals surface area contributed by atoms with E-state index in [1.165, 1.54) is 0 Å². The second-order valence-electron chi connectivity index (χ2n) is 4.38. The van der Waals surface area contributed by atoms with Crippen LogP contribution in [0.25, 0.3) is 0 Å². The maximum Gasteiger partial charge on any atom is 0.205 e. The number of hydrogen-bond donors (Lipinski definition) is 2. The minimum Gasteiger partial charge on any atom is -0.439 e. The zero-order valence-corrected chi connectivity index (χ0v) is 10.4. The molecule has 0 bridgehead atoms. The van der Waals surface area contributed by atoms with Gasteiger partial charge in [-0.2, -0.15) is 10.5 Å². The largest absolute Gasteiger partial charge is 0.439 e. The van der Waals surface area contributed by atoms with Crippen LogP contribution in [0.2, 0.25) is 0 Å². The Labute approximate surface area is 115 Å². The van der Waals surface area contributed by atoms with Gasteiger partial charge in [0.2, 0.25) is 5.88 Å². The molecule has 0 aliphatic carbocycles. The molecule has 1 aliphatic heterocycles. The molecule has 0 saturated heterocycles. The van der Waals surface area contributed by atoms with E-state index in [1.54, 1.807) is 24.4 Å². The molecule has 2 aromatic rings. The number of nitrogens with one attached hydrogen (secondary N) is 1. The van der Waals surface area contributed by atoms with Crippen LogP contribution in [0.3, 0.4) is 0 Å². The van der Waals surface area contributed by atoms with Gasteiger partial charge in [-0.1, -0.05) is 18.2 Å². The molecule has 0 fully saturated rings. The predicted molar refractivity (Wildman–Crippen MR) is 71.2 cm³/mol. The summed E-state index contributed by atoms with van der Waals surface area (Å²) in [4.78, 5) is 3.07. The lowest BCUT2D eigenvalue weighted by molar-refractivity contribution is 0.393. The Kier molecular flexibility index (Phi) is 2.67. The Morgan fingerprint density at radius 3 is 2.70 bits per heavy atom. The van der Waals surface area contributed by atoms with Crippen LogP contribution in [0.1, 0.15) is 22.7 Å². The zero-order chi connectivity index (χ0) is 14.1. The van der Waals surface area contributed by atoms with Crippen LogP contribution in [0.15, 0.2) is 48.0 Å². The minimum atomic E-state index is -0.408. The van der Waals surface area contributed by atoms with E-state index in [2.05, 4.69) is 17.1 Å². The number of H-pyrrole nitrogens is 1. The van der Waals surface area contributed by atoms with Crippen molar-refractivity contribution in [2.24, 2.45) is 5.73 Å². The van der Waals surface area contributed by atoms with E-state index >= 15 is 0 Å². The number of allylic oxidation sites excluding steroid dienone is 1. The highest BCUT2D eigenvalue weighted by Gasteiger charge is 2.32. The molecule has 3 rings (SSSR count). The number of ether oxygens (including phenoxy) is 1. The summed E-state index contributed by atoms with van der Waals surface area (Å²) in [5, 5.41) is 18.6. The standard InChI is InChI=1S/C15H10N4O/c16-7-9-3-1-2-4-10(9)13-11(8-17)15(18)20-12-5-6-19-14(12)13/h1-6,13,19H,18H2. The smallest absolute Gasteiger partial charge is 0.205 e. The summed E-state index contributed by atoms with van der Waals surface area (Å²) in [7, 11) is 0. The average molecular weight is 262 g/mol. The highest BCUT2D eigenvalue weighted by atomic mass is 16.5. The van der Waals surface area contributed by atoms with Crippen molar-refractivity contribution in [3.63, 3.8) is 0 Å². The van der Waals surface area contributed by atoms with Gasteiger partial charge in [-0.3, -0.25) is 0 Å². The maximum atomic E-state index is 9.36. The third kappa shape index (κ3) is 1.62. The summed E-state index contributed by atoms with van der Waals surface area (Å²) in [6, 6.07) is 13.1. The third-order valence-corrected chi connectivity index (χ3v) is 3.31. The number of benzene rings is 1. The van der Waals surface area contributed by atoms with Gasteiger partial charge in [0.1, 0.15) is 11.6 Å². The van der Waals surface area contributed by atoms with E-state index in [4.69, 9.17) is 10.5 Å². The van der Waals surface area contributed by atoms with Crippen LogP contribution in [0.4, 0.5) is 0 Å². The summed E-state index contributed by atoms with van der Waals surface area (Å²) in [5.74, 6) is 0.256. The van der Waals surface area contributed by atoms with E-state index in [1.807, 2.05) is 12.1 Å². The maximum absolute atomic E-state index is 9.36. The Morgan fingerprint density at radius 1 is 1.15 bits per heavy atom. The number of aromatic nitrogens is 1. The molecule has 96 valence electrons. The van der Waals surface area contributed by atoms with E-state index in [9.17, 15) is 10.5 Å². The Hall–Kier alpha value is -3.18. The molecular weight excluding hydrogens is 252 g/mol. The van der Waals surface area contributed by atoms with Crippen LogP contribution in [0.5, 0.6) is 5.75 Å². The fourth-order valence-electron chi connectivity index (χ4n) is 2.42. The van der Waals surface area contributed by atoms with Crippen molar-refractivity contribution in [2.75, 3.05) is 0 Å². The molecule has 1 aromatic heterocycles. The second kappa shape index (κ2) is 4.49. The van der Waals surface area contributed by atoms with Crippen molar-refractivity contribution in [2.45, 2.75) is 5.92 Å². The lowest BCUT2D eigenvalue weighted by atomic mass is 9.85. The second-order valence-corrected chi connectivity index (χ2v) is 4.38. The van der Waals surface area contributed by atoms with Crippen LogP contribution in [0, 0.1) is 22.7 Å². The van der Waals surface area contributed by atoms with E-state index < -0.39 is 5.92 Å². The van der Waals surface area contributed by atoms with Crippen molar-refractivity contribution in [1.29, 1.82) is 10.5 Å². The molecule has 3 N–H and O–H groups in total. The molecule has 2 heterocycles. The van der Waals surface area contributed by atoms with Crippen LogP contribution in [-0.4, -0.2) is 4.98 Å². The number of hydrogen-bond acceptors (Lipinski definition) is 4. The fourth-order valence-corrected chi connectivity index (χ4v) is 2.42. The van der Waals surface area contributed by atoms with Gasteiger partial charge in [0, 0.05) is 6.20 Å². The summed E-state index contributed by atoms with van der Waals surface area (Å²) >= 11 is 0. The first-order valence-electron chi connectivity index (χ1n) is 6.00. The molecule has 5 heteroatoms. The molecule has 0 spiro atoms. The molecule has 5 nitrogen and oxygen atoms in total. The van der Waals surface area contributed by atoms with E-state index in [0.29, 0.717) is 16.9 Å². The fraction of sp³-hybridized carbons (Fsp3) is 0.0667. The van der Waals surface area contributed by atoms with Gasteiger partial charge >= 0.3 is 0 Å². The predicted octanol–water partition coefficient (Wildman–Crippen LogP) is 2.10. The SMILES string of the molecule is N#CC1=C(N)Oc2cc[nH]c2C1c1ccccc1C#N. The van der Waals surface area contributed by atoms with Crippen molar-refractivity contribution in [3.8, 4) is 17.9 Å².